The van der Waals surface area contributed by atoms with Gasteiger partial charge in [-0.1, -0.05) is 0 Å². The monoisotopic (exact) mass is 456 g/mol. The van der Waals surface area contributed by atoms with E-state index in [1.165, 1.54) is 5.01 Å². The SMILES string of the molecule is CC(C)(C)OC(=O)NC(Cc1cncc(Br)c1)C(=O)N1CCCC(C(=O)O)N1. The van der Waals surface area contributed by atoms with Crippen LogP contribution < -0.4 is 10.7 Å². The highest BCUT2D eigenvalue weighted by atomic mass is 79.9. The summed E-state index contributed by atoms with van der Waals surface area (Å²) in [5.74, 6) is -1.46. The number of aliphatic carboxylic acids is 1. The maximum absolute atomic E-state index is 13.0. The van der Waals surface area contributed by atoms with Crippen molar-refractivity contribution >= 4 is 33.9 Å². The van der Waals surface area contributed by atoms with E-state index in [0.717, 1.165) is 10.0 Å². The van der Waals surface area contributed by atoms with Crippen LogP contribution in [0.4, 0.5) is 4.79 Å². The molecule has 154 valence electrons. The van der Waals surface area contributed by atoms with Crippen LogP contribution in [-0.4, -0.2) is 57.3 Å². The minimum absolute atomic E-state index is 0.181. The molecule has 1 aromatic rings. The fourth-order valence-corrected chi connectivity index (χ4v) is 3.18. The normalized spacial score (nSPS) is 18.3. The molecule has 28 heavy (non-hydrogen) atoms. The second-order valence-electron chi connectivity index (χ2n) is 7.57. The van der Waals surface area contributed by atoms with Crippen molar-refractivity contribution in [2.75, 3.05) is 6.54 Å². The molecule has 2 rings (SSSR count). The van der Waals surface area contributed by atoms with Crippen molar-refractivity contribution in [2.45, 2.75) is 57.7 Å². The maximum Gasteiger partial charge on any atom is 0.408 e. The van der Waals surface area contributed by atoms with Crippen LogP contribution in [0.5, 0.6) is 0 Å². The number of carbonyl (C=O) groups is 3. The minimum atomic E-state index is -1.02. The number of carboxylic acid groups (broad SMARTS) is 1. The van der Waals surface area contributed by atoms with Crippen molar-refractivity contribution < 1.29 is 24.2 Å². The number of carboxylic acids is 1. The Morgan fingerprint density at radius 3 is 2.75 bits per heavy atom. The standard InChI is InChI=1S/C18H25BrN4O5/c1-18(2,3)28-17(27)21-14(8-11-7-12(19)10-20-9-11)15(24)23-6-4-5-13(22-23)16(25)26/h7,9-10,13-14,22H,4-6,8H2,1-3H3,(H,21,27)(H,25,26). The number of nitrogens with zero attached hydrogens (tertiary/aromatic N) is 2. The molecule has 0 bridgehead atoms. The average molecular weight is 457 g/mol. The van der Waals surface area contributed by atoms with Crippen molar-refractivity contribution in [3.8, 4) is 0 Å². The Balaban J connectivity index is 2.17. The van der Waals surface area contributed by atoms with E-state index in [9.17, 15) is 19.5 Å². The number of halogens is 1. The Morgan fingerprint density at radius 2 is 2.14 bits per heavy atom. The van der Waals surface area contributed by atoms with Gasteiger partial charge in [0.25, 0.3) is 5.91 Å². The van der Waals surface area contributed by atoms with Gasteiger partial charge in [0.05, 0.1) is 0 Å². The molecule has 2 unspecified atom stereocenters. The van der Waals surface area contributed by atoms with Crippen molar-refractivity contribution in [2.24, 2.45) is 0 Å². The fourth-order valence-electron chi connectivity index (χ4n) is 2.76. The van der Waals surface area contributed by atoms with Crippen LogP contribution in [-0.2, 0) is 20.7 Å². The van der Waals surface area contributed by atoms with Crippen LogP contribution in [0.1, 0.15) is 39.2 Å². The van der Waals surface area contributed by atoms with E-state index in [4.69, 9.17) is 4.74 Å². The molecular weight excluding hydrogens is 432 g/mol. The number of alkyl carbamates (subject to hydrolysis) is 1. The Kier molecular flexibility index (Phi) is 7.36. The summed E-state index contributed by atoms with van der Waals surface area (Å²) in [7, 11) is 0. The highest BCUT2D eigenvalue weighted by Gasteiger charge is 2.33. The van der Waals surface area contributed by atoms with Crippen molar-refractivity contribution in [1.29, 1.82) is 0 Å². The quantitative estimate of drug-likeness (QED) is 0.617. The van der Waals surface area contributed by atoms with Gasteiger partial charge >= 0.3 is 12.1 Å². The van der Waals surface area contributed by atoms with Gasteiger partial charge in [0, 0.05) is 29.8 Å². The summed E-state index contributed by atoms with van der Waals surface area (Å²) in [4.78, 5) is 40.6. The number of aromatic nitrogens is 1. The number of rotatable bonds is 5. The highest BCUT2D eigenvalue weighted by molar-refractivity contribution is 9.10. The predicted molar refractivity (Wildman–Crippen MR) is 104 cm³/mol. The lowest BCUT2D eigenvalue weighted by molar-refractivity contribution is -0.147. The molecule has 1 aromatic heterocycles. The molecule has 9 nitrogen and oxygen atoms in total. The van der Waals surface area contributed by atoms with Gasteiger partial charge in [-0.05, 0) is 61.2 Å². The molecule has 0 aromatic carbocycles. The number of ether oxygens (including phenoxy) is 1. The van der Waals surface area contributed by atoms with Crippen molar-refractivity contribution in [3.05, 3.63) is 28.5 Å². The summed E-state index contributed by atoms with van der Waals surface area (Å²) in [5.41, 5.74) is 2.74. The lowest BCUT2D eigenvalue weighted by Gasteiger charge is -2.34. The number of pyridine rings is 1. The molecule has 1 saturated heterocycles. The molecule has 0 saturated carbocycles. The highest BCUT2D eigenvalue weighted by Crippen LogP contribution is 2.15. The molecule has 1 aliphatic rings. The summed E-state index contributed by atoms with van der Waals surface area (Å²) in [6.45, 7) is 5.54. The molecule has 1 aliphatic heterocycles. The van der Waals surface area contributed by atoms with Crippen LogP contribution in [0.3, 0.4) is 0 Å². The van der Waals surface area contributed by atoms with E-state index < -0.39 is 35.7 Å². The first-order valence-electron chi connectivity index (χ1n) is 8.94. The van der Waals surface area contributed by atoms with Gasteiger partial charge in [0.15, 0.2) is 0 Å². The zero-order chi connectivity index (χ0) is 20.9. The third-order valence-electron chi connectivity index (χ3n) is 3.94. The summed E-state index contributed by atoms with van der Waals surface area (Å²) in [5, 5.41) is 13.1. The van der Waals surface area contributed by atoms with E-state index in [1.54, 1.807) is 39.2 Å². The van der Waals surface area contributed by atoms with Crippen molar-refractivity contribution in [3.63, 3.8) is 0 Å². The first-order chi connectivity index (χ1) is 13.0. The fraction of sp³-hybridized carbons (Fsp3) is 0.556. The van der Waals surface area contributed by atoms with E-state index in [0.29, 0.717) is 19.4 Å². The number of carbonyl (C=O) groups excluding carboxylic acids is 2. The number of hydrogen-bond donors (Lipinski definition) is 3. The predicted octanol–water partition coefficient (Wildman–Crippen LogP) is 1.86. The molecule has 0 spiro atoms. The van der Waals surface area contributed by atoms with Gasteiger partial charge in [0.2, 0.25) is 0 Å². The van der Waals surface area contributed by atoms with Gasteiger partial charge < -0.3 is 15.2 Å². The Bertz CT molecular complexity index is 737. The molecule has 3 N–H and O–H groups in total. The molecule has 2 amide bonds. The van der Waals surface area contributed by atoms with Crippen molar-refractivity contribution in [1.82, 2.24) is 20.7 Å². The van der Waals surface area contributed by atoms with E-state index in [-0.39, 0.29) is 6.42 Å². The summed E-state index contributed by atoms with van der Waals surface area (Å²) in [6, 6.07) is 0.0201. The average Bonchev–Trinajstić information content (AvgIpc) is 2.59. The summed E-state index contributed by atoms with van der Waals surface area (Å²) in [6.07, 6.45) is 3.66. The molecule has 2 atom stereocenters. The van der Waals surface area contributed by atoms with Crippen LogP contribution in [0.25, 0.3) is 0 Å². The Hall–Kier alpha value is -2.20. The smallest absolute Gasteiger partial charge is 0.408 e. The zero-order valence-corrected chi connectivity index (χ0v) is 17.7. The summed E-state index contributed by atoms with van der Waals surface area (Å²) >= 11 is 3.33. The molecule has 1 fully saturated rings. The van der Waals surface area contributed by atoms with Gasteiger partial charge in [-0.15, -0.1) is 0 Å². The first-order valence-corrected chi connectivity index (χ1v) is 9.74. The first kappa shape index (κ1) is 22.1. The third-order valence-corrected chi connectivity index (χ3v) is 4.37. The van der Waals surface area contributed by atoms with E-state index in [1.807, 2.05) is 0 Å². The Labute approximate surface area is 171 Å². The molecule has 10 heteroatoms. The lowest BCUT2D eigenvalue weighted by Crippen LogP contribution is -2.60. The molecule has 0 radical (unpaired) electrons. The molecule has 0 aliphatic carbocycles. The maximum atomic E-state index is 13.0. The van der Waals surface area contributed by atoms with Gasteiger partial charge in [-0.2, -0.15) is 0 Å². The number of amides is 2. The second kappa shape index (κ2) is 9.33. The summed E-state index contributed by atoms with van der Waals surface area (Å²) < 4.78 is 6.01. The number of hydrogen-bond acceptors (Lipinski definition) is 6. The van der Waals surface area contributed by atoms with Gasteiger partial charge in [0.1, 0.15) is 17.7 Å². The van der Waals surface area contributed by atoms with Crippen LogP contribution in [0.2, 0.25) is 0 Å². The van der Waals surface area contributed by atoms with E-state index >= 15 is 0 Å². The molecular formula is C18H25BrN4O5. The third kappa shape index (κ3) is 6.75. The zero-order valence-electron chi connectivity index (χ0n) is 16.1. The van der Waals surface area contributed by atoms with Gasteiger partial charge in [-0.3, -0.25) is 19.6 Å². The Morgan fingerprint density at radius 1 is 1.43 bits per heavy atom. The lowest BCUT2D eigenvalue weighted by atomic mass is 10.1. The van der Waals surface area contributed by atoms with Crippen LogP contribution in [0, 0.1) is 0 Å². The topological polar surface area (TPSA) is 121 Å². The minimum Gasteiger partial charge on any atom is -0.480 e. The second-order valence-corrected chi connectivity index (χ2v) is 8.48. The largest absolute Gasteiger partial charge is 0.480 e. The van der Waals surface area contributed by atoms with Gasteiger partial charge in [-0.25, -0.2) is 10.2 Å². The van der Waals surface area contributed by atoms with Crippen LogP contribution >= 0.6 is 15.9 Å². The van der Waals surface area contributed by atoms with E-state index in [2.05, 4.69) is 31.7 Å². The molecule has 2 heterocycles. The number of nitrogens with one attached hydrogen (secondary N) is 2. The van der Waals surface area contributed by atoms with Crippen LogP contribution in [0.15, 0.2) is 22.9 Å². The number of hydrazine groups is 1.